The van der Waals surface area contributed by atoms with Crippen molar-refractivity contribution in [2.75, 3.05) is 0 Å². The Bertz CT molecular complexity index is 391. The Hall–Kier alpha value is -1.04. The van der Waals surface area contributed by atoms with E-state index in [0.29, 0.717) is 0 Å². The number of sulfone groups is 1. The summed E-state index contributed by atoms with van der Waals surface area (Å²) >= 11 is 0. The van der Waals surface area contributed by atoms with E-state index in [0.717, 1.165) is 31.1 Å². The first-order valence-corrected chi connectivity index (χ1v) is 6.20. The van der Waals surface area contributed by atoms with Crippen molar-refractivity contribution in [2.45, 2.75) is 31.7 Å². The van der Waals surface area contributed by atoms with E-state index < -0.39 is 9.84 Å². The summed E-state index contributed by atoms with van der Waals surface area (Å²) in [6.07, 6.45) is 4.20. The molecule has 78 valence electrons. The lowest BCUT2D eigenvalue weighted by molar-refractivity contribution is 0.614. The number of nitrogens with one attached hydrogen (secondary N) is 1. The average molecular weight is 215 g/mol. The van der Waals surface area contributed by atoms with Crippen molar-refractivity contribution >= 4 is 15.0 Å². The van der Waals surface area contributed by atoms with Gasteiger partial charge in [0.05, 0.1) is 11.4 Å². The monoisotopic (exact) mass is 215 g/mol. The second kappa shape index (κ2) is 3.27. The van der Waals surface area contributed by atoms with Crippen LogP contribution < -0.4 is 11.1 Å². The number of hydrogen-bond acceptors (Lipinski definition) is 4. The maximum absolute atomic E-state index is 11.4. The van der Waals surface area contributed by atoms with Crippen LogP contribution in [-0.4, -0.2) is 19.6 Å². The van der Waals surface area contributed by atoms with Crippen molar-refractivity contribution in [1.29, 1.82) is 0 Å². The van der Waals surface area contributed by atoms with Crippen molar-refractivity contribution in [3.8, 4) is 0 Å². The lowest BCUT2D eigenvalue weighted by atomic mass is 10.3. The highest BCUT2D eigenvalue weighted by Gasteiger charge is 2.27. The highest BCUT2D eigenvalue weighted by Crippen LogP contribution is 2.22. The van der Waals surface area contributed by atoms with Gasteiger partial charge in [0.25, 0.3) is 0 Å². The molecule has 0 unspecified atom stereocenters. The standard InChI is InChI=1S/C8H13N3O2S/c9-7-5-14(12,13)8(11-7)10-6-3-1-2-4-6/h5-6H,1-4,9H2,(H,10,11). The molecule has 2 rings (SSSR count). The van der Waals surface area contributed by atoms with Gasteiger partial charge in [-0.2, -0.15) is 0 Å². The molecule has 2 aliphatic rings. The Balaban J connectivity index is 2.20. The number of nitrogens with zero attached hydrogens (tertiary/aromatic N) is 1. The lowest BCUT2D eigenvalue weighted by Gasteiger charge is -2.04. The normalized spacial score (nSPS) is 29.1. The van der Waals surface area contributed by atoms with Gasteiger partial charge >= 0.3 is 0 Å². The minimum atomic E-state index is -3.37. The van der Waals surface area contributed by atoms with Crippen molar-refractivity contribution in [2.24, 2.45) is 10.7 Å². The van der Waals surface area contributed by atoms with E-state index in [-0.39, 0.29) is 17.0 Å². The number of nitrogens with two attached hydrogens (primary N) is 1. The molecule has 0 amide bonds. The van der Waals surface area contributed by atoms with E-state index >= 15 is 0 Å². The summed E-state index contributed by atoms with van der Waals surface area (Å²) < 4.78 is 22.8. The largest absolute Gasteiger partial charge is 0.385 e. The van der Waals surface area contributed by atoms with Crippen LogP contribution in [0.15, 0.2) is 16.2 Å². The highest BCUT2D eigenvalue weighted by molar-refractivity contribution is 8.09. The van der Waals surface area contributed by atoms with Gasteiger partial charge in [0.2, 0.25) is 15.0 Å². The molecule has 3 N–H and O–H groups in total. The van der Waals surface area contributed by atoms with Crippen LogP contribution in [0.5, 0.6) is 0 Å². The van der Waals surface area contributed by atoms with Crippen LogP contribution in [0.25, 0.3) is 0 Å². The number of hydrogen-bond donors (Lipinski definition) is 2. The third-order valence-electron chi connectivity index (χ3n) is 2.43. The molecule has 0 saturated heterocycles. The van der Waals surface area contributed by atoms with Crippen molar-refractivity contribution in [3.63, 3.8) is 0 Å². The van der Waals surface area contributed by atoms with Crippen LogP contribution >= 0.6 is 0 Å². The Morgan fingerprint density at radius 3 is 2.57 bits per heavy atom. The van der Waals surface area contributed by atoms with Crippen LogP contribution in [0.1, 0.15) is 25.7 Å². The molecule has 1 aliphatic heterocycles. The molecule has 0 bridgehead atoms. The Labute approximate surface area is 83.0 Å². The zero-order chi connectivity index (χ0) is 10.2. The minimum Gasteiger partial charge on any atom is -0.385 e. The van der Waals surface area contributed by atoms with Crippen LogP contribution in [0, 0.1) is 0 Å². The zero-order valence-electron chi connectivity index (χ0n) is 7.73. The van der Waals surface area contributed by atoms with Gasteiger partial charge in [0.15, 0.2) is 0 Å². The maximum Gasteiger partial charge on any atom is 0.236 e. The highest BCUT2D eigenvalue weighted by atomic mass is 32.2. The Morgan fingerprint density at radius 2 is 2.07 bits per heavy atom. The van der Waals surface area contributed by atoms with E-state index in [9.17, 15) is 8.42 Å². The van der Waals surface area contributed by atoms with E-state index in [2.05, 4.69) is 10.3 Å². The molecule has 1 aliphatic carbocycles. The molecule has 1 heterocycles. The lowest BCUT2D eigenvalue weighted by Crippen LogP contribution is -2.26. The first kappa shape index (κ1) is 9.51. The van der Waals surface area contributed by atoms with Crippen molar-refractivity contribution in [3.05, 3.63) is 11.2 Å². The van der Waals surface area contributed by atoms with Crippen molar-refractivity contribution in [1.82, 2.24) is 5.32 Å². The average Bonchev–Trinajstić information content (AvgIpc) is 2.61. The summed E-state index contributed by atoms with van der Waals surface area (Å²) in [6.45, 7) is 0. The fraction of sp³-hybridized carbons (Fsp3) is 0.625. The topological polar surface area (TPSA) is 84.6 Å². The molecule has 0 atom stereocenters. The smallest absolute Gasteiger partial charge is 0.236 e. The molecule has 0 aromatic rings. The van der Waals surface area contributed by atoms with Gasteiger partial charge in [-0.25, -0.2) is 8.42 Å². The molecule has 0 spiro atoms. The molecule has 5 nitrogen and oxygen atoms in total. The van der Waals surface area contributed by atoms with E-state index in [1.54, 1.807) is 0 Å². The molecule has 0 aromatic carbocycles. The number of rotatable bonds is 1. The van der Waals surface area contributed by atoms with Gasteiger partial charge in [-0.3, -0.25) is 4.99 Å². The minimum absolute atomic E-state index is 0.0156. The van der Waals surface area contributed by atoms with Crippen LogP contribution in [0.2, 0.25) is 0 Å². The molecule has 0 aromatic heterocycles. The fourth-order valence-electron chi connectivity index (χ4n) is 1.75. The Kier molecular flexibility index (Phi) is 2.22. The second-order valence-electron chi connectivity index (χ2n) is 3.62. The third kappa shape index (κ3) is 1.75. The first-order chi connectivity index (χ1) is 6.58. The van der Waals surface area contributed by atoms with Gasteiger partial charge in [-0.15, -0.1) is 0 Å². The summed E-state index contributed by atoms with van der Waals surface area (Å²) in [5.41, 5.74) is 5.37. The molecule has 1 saturated carbocycles. The van der Waals surface area contributed by atoms with Crippen LogP contribution in [0.4, 0.5) is 0 Å². The van der Waals surface area contributed by atoms with Crippen LogP contribution in [-0.2, 0) is 9.84 Å². The van der Waals surface area contributed by atoms with Gasteiger partial charge in [0, 0.05) is 0 Å². The summed E-state index contributed by atoms with van der Waals surface area (Å²) in [6, 6.07) is 0.145. The van der Waals surface area contributed by atoms with E-state index in [1.807, 2.05) is 0 Å². The molecular weight excluding hydrogens is 202 g/mol. The fourth-order valence-corrected chi connectivity index (χ4v) is 2.81. The molecule has 1 fully saturated rings. The quantitative estimate of drug-likeness (QED) is 0.647. The molecule has 0 radical (unpaired) electrons. The van der Waals surface area contributed by atoms with Crippen molar-refractivity contribution < 1.29 is 8.42 Å². The maximum atomic E-state index is 11.4. The predicted molar refractivity (Wildman–Crippen MR) is 54.0 cm³/mol. The Morgan fingerprint density at radius 1 is 1.43 bits per heavy atom. The number of amidine groups is 1. The summed E-state index contributed by atoms with van der Waals surface area (Å²) in [5.74, 6) is 0.154. The SMILES string of the molecule is NC1=CS(=O)(=O)C(=NC2CCCC2)N1. The first-order valence-electron chi connectivity index (χ1n) is 4.65. The summed E-state index contributed by atoms with van der Waals surface area (Å²) in [5, 5.41) is 3.60. The van der Waals surface area contributed by atoms with Gasteiger partial charge in [-0.1, -0.05) is 12.8 Å². The van der Waals surface area contributed by atoms with Gasteiger partial charge < -0.3 is 11.1 Å². The second-order valence-corrected chi connectivity index (χ2v) is 5.33. The predicted octanol–water partition coefficient (Wildman–Crippen LogP) is 0.0606. The third-order valence-corrected chi connectivity index (χ3v) is 3.74. The zero-order valence-corrected chi connectivity index (χ0v) is 8.55. The van der Waals surface area contributed by atoms with E-state index in [1.165, 1.54) is 0 Å². The van der Waals surface area contributed by atoms with Gasteiger partial charge in [-0.05, 0) is 12.8 Å². The molecule has 14 heavy (non-hydrogen) atoms. The van der Waals surface area contributed by atoms with Gasteiger partial charge in [0.1, 0.15) is 5.82 Å². The summed E-state index contributed by atoms with van der Waals surface area (Å²) in [7, 11) is -3.37. The van der Waals surface area contributed by atoms with Crippen LogP contribution in [0.3, 0.4) is 0 Å². The van der Waals surface area contributed by atoms with E-state index in [4.69, 9.17) is 5.73 Å². The number of aliphatic imine (C=N–C) groups is 1. The molecule has 6 heteroatoms. The molecular formula is C8H13N3O2S. The summed E-state index contributed by atoms with van der Waals surface area (Å²) in [4.78, 5) is 4.16.